The van der Waals surface area contributed by atoms with Crippen LogP contribution in [0, 0.1) is 0 Å². The second kappa shape index (κ2) is 5.54. The monoisotopic (exact) mass is 290 g/mol. The standard InChI is InChI=1S/C15H22N4O2/c1-4-10(16)7-19-12-6-14-13(20-9-21-14)5-11(12)17-15(19)8-18(2)3/h5-6,10H,4,7-9,16H2,1-3H3. The summed E-state index contributed by atoms with van der Waals surface area (Å²) < 4.78 is 13.1. The quantitative estimate of drug-likeness (QED) is 0.905. The largest absolute Gasteiger partial charge is 0.454 e. The molecule has 0 bridgehead atoms. The van der Waals surface area contributed by atoms with Gasteiger partial charge < -0.3 is 24.7 Å². The van der Waals surface area contributed by atoms with Crippen LogP contribution in [0.1, 0.15) is 19.2 Å². The van der Waals surface area contributed by atoms with E-state index < -0.39 is 0 Å². The third kappa shape index (κ3) is 2.69. The Hall–Kier alpha value is -1.79. The number of hydrogen-bond donors (Lipinski definition) is 1. The minimum Gasteiger partial charge on any atom is -0.454 e. The van der Waals surface area contributed by atoms with E-state index in [9.17, 15) is 0 Å². The summed E-state index contributed by atoms with van der Waals surface area (Å²) in [6, 6.07) is 4.07. The molecule has 0 saturated carbocycles. The van der Waals surface area contributed by atoms with Crippen LogP contribution in [0.25, 0.3) is 11.0 Å². The van der Waals surface area contributed by atoms with E-state index in [0.717, 1.165) is 47.9 Å². The highest BCUT2D eigenvalue weighted by Crippen LogP contribution is 2.36. The average molecular weight is 290 g/mol. The highest BCUT2D eigenvalue weighted by molar-refractivity contribution is 5.81. The molecule has 0 fully saturated rings. The smallest absolute Gasteiger partial charge is 0.231 e. The molecule has 2 aromatic rings. The third-order valence-electron chi connectivity index (χ3n) is 3.72. The van der Waals surface area contributed by atoms with E-state index in [1.807, 2.05) is 26.2 Å². The highest BCUT2D eigenvalue weighted by atomic mass is 16.7. The van der Waals surface area contributed by atoms with Crippen molar-refractivity contribution >= 4 is 11.0 Å². The molecule has 1 aliphatic rings. The maximum Gasteiger partial charge on any atom is 0.231 e. The molecule has 0 saturated heterocycles. The van der Waals surface area contributed by atoms with Crippen molar-refractivity contribution in [1.29, 1.82) is 0 Å². The predicted octanol–water partition coefficient (Wildman–Crippen LogP) is 1.56. The Morgan fingerprint density at radius 1 is 1.33 bits per heavy atom. The molecule has 21 heavy (non-hydrogen) atoms. The van der Waals surface area contributed by atoms with Crippen LogP contribution in [-0.2, 0) is 13.1 Å². The fraction of sp³-hybridized carbons (Fsp3) is 0.533. The SMILES string of the molecule is CCC(N)Cn1c(CN(C)C)nc2cc3c(cc21)OCO3. The molecule has 3 rings (SSSR count). The first-order valence-corrected chi connectivity index (χ1v) is 7.27. The number of ether oxygens (including phenoxy) is 2. The zero-order valence-electron chi connectivity index (χ0n) is 12.8. The van der Waals surface area contributed by atoms with Gasteiger partial charge in [-0.3, -0.25) is 0 Å². The summed E-state index contributed by atoms with van der Waals surface area (Å²) in [5.41, 5.74) is 8.14. The van der Waals surface area contributed by atoms with Crippen molar-refractivity contribution in [2.24, 2.45) is 5.73 Å². The van der Waals surface area contributed by atoms with Crippen molar-refractivity contribution < 1.29 is 9.47 Å². The zero-order valence-corrected chi connectivity index (χ0v) is 12.8. The Bertz CT molecular complexity index is 651. The number of aromatic nitrogens is 2. The Kier molecular flexibility index (Phi) is 3.73. The Balaban J connectivity index is 2.09. The molecule has 1 unspecified atom stereocenters. The Morgan fingerprint density at radius 3 is 2.71 bits per heavy atom. The van der Waals surface area contributed by atoms with Crippen molar-refractivity contribution in [1.82, 2.24) is 14.5 Å². The van der Waals surface area contributed by atoms with E-state index >= 15 is 0 Å². The van der Waals surface area contributed by atoms with Crippen molar-refractivity contribution in [2.75, 3.05) is 20.9 Å². The normalized spacial score (nSPS) is 15.1. The van der Waals surface area contributed by atoms with Crippen LogP contribution < -0.4 is 15.2 Å². The van der Waals surface area contributed by atoms with Crippen molar-refractivity contribution in [3.8, 4) is 11.5 Å². The van der Waals surface area contributed by atoms with Crippen LogP contribution in [0.2, 0.25) is 0 Å². The Labute approximate surface area is 124 Å². The molecule has 0 aliphatic carbocycles. The second-order valence-electron chi connectivity index (χ2n) is 5.74. The molecular formula is C15H22N4O2. The van der Waals surface area contributed by atoms with Crippen LogP contribution in [0.5, 0.6) is 11.5 Å². The van der Waals surface area contributed by atoms with E-state index in [1.54, 1.807) is 0 Å². The predicted molar refractivity (Wildman–Crippen MR) is 81.5 cm³/mol. The number of benzene rings is 1. The number of rotatable bonds is 5. The summed E-state index contributed by atoms with van der Waals surface area (Å²) in [4.78, 5) is 6.85. The van der Waals surface area contributed by atoms with Gasteiger partial charge in [0, 0.05) is 24.7 Å². The minimum absolute atomic E-state index is 0.119. The lowest BCUT2D eigenvalue weighted by Gasteiger charge is -2.16. The van der Waals surface area contributed by atoms with Gasteiger partial charge in [-0.1, -0.05) is 6.92 Å². The van der Waals surface area contributed by atoms with E-state index in [1.165, 1.54) is 0 Å². The summed E-state index contributed by atoms with van der Waals surface area (Å²) >= 11 is 0. The number of nitrogens with two attached hydrogens (primary N) is 1. The van der Waals surface area contributed by atoms with E-state index in [2.05, 4.69) is 16.4 Å². The lowest BCUT2D eigenvalue weighted by molar-refractivity contribution is 0.174. The van der Waals surface area contributed by atoms with Gasteiger partial charge in [0.05, 0.1) is 17.6 Å². The maximum absolute atomic E-state index is 6.15. The van der Waals surface area contributed by atoms with Gasteiger partial charge in [-0.05, 0) is 20.5 Å². The van der Waals surface area contributed by atoms with E-state index in [4.69, 9.17) is 20.2 Å². The molecule has 6 nitrogen and oxygen atoms in total. The van der Waals surface area contributed by atoms with E-state index in [-0.39, 0.29) is 12.8 Å². The van der Waals surface area contributed by atoms with Crippen LogP contribution in [0.3, 0.4) is 0 Å². The maximum atomic E-state index is 6.15. The third-order valence-corrected chi connectivity index (χ3v) is 3.72. The molecule has 114 valence electrons. The van der Waals surface area contributed by atoms with Crippen molar-refractivity contribution in [3.05, 3.63) is 18.0 Å². The molecular weight excluding hydrogens is 268 g/mol. The van der Waals surface area contributed by atoms with Gasteiger partial charge in [0.1, 0.15) is 5.82 Å². The van der Waals surface area contributed by atoms with Crippen molar-refractivity contribution in [2.45, 2.75) is 32.5 Å². The first kappa shape index (κ1) is 14.2. The number of fused-ring (bicyclic) bond motifs is 2. The molecule has 1 aromatic carbocycles. The fourth-order valence-electron chi connectivity index (χ4n) is 2.54. The molecule has 2 heterocycles. The van der Waals surface area contributed by atoms with Gasteiger partial charge in [0.2, 0.25) is 6.79 Å². The number of hydrogen-bond acceptors (Lipinski definition) is 5. The minimum atomic E-state index is 0.119. The molecule has 1 aliphatic heterocycles. The fourth-order valence-corrected chi connectivity index (χ4v) is 2.54. The Morgan fingerprint density at radius 2 is 2.05 bits per heavy atom. The van der Waals surface area contributed by atoms with Crippen LogP contribution >= 0.6 is 0 Å². The van der Waals surface area contributed by atoms with Gasteiger partial charge in [-0.2, -0.15) is 0 Å². The lowest BCUT2D eigenvalue weighted by Crippen LogP contribution is -2.27. The zero-order chi connectivity index (χ0) is 15.0. The lowest BCUT2D eigenvalue weighted by atomic mass is 10.2. The summed E-state index contributed by atoms with van der Waals surface area (Å²) in [6.45, 7) is 3.92. The van der Waals surface area contributed by atoms with Gasteiger partial charge in [0.15, 0.2) is 11.5 Å². The van der Waals surface area contributed by atoms with Gasteiger partial charge in [-0.15, -0.1) is 0 Å². The molecule has 0 radical (unpaired) electrons. The highest BCUT2D eigenvalue weighted by Gasteiger charge is 2.20. The average Bonchev–Trinajstić information content (AvgIpc) is 3.00. The summed E-state index contributed by atoms with van der Waals surface area (Å²) in [6.07, 6.45) is 0.936. The van der Waals surface area contributed by atoms with Crippen molar-refractivity contribution in [3.63, 3.8) is 0 Å². The molecule has 0 spiro atoms. The summed E-state index contributed by atoms with van der Waals surface area (Å²) in [5.74, 6) is 2.57. The topological polar surface area (TPSA) is 65.5 Å². The molecule has 2 N–H and O–H groups in total. The molecule has 6 heteroatoms. The molecule has 1 aromatic heterocycles. The van der Waals surface area contributed by atoms with Gasteiger partial charge in [0.25, 0.3) is 0 Å². The number of imidazole rings is 1. The molecule has 0 amide bonds. The second-order valence-corrected chi connectivity index (χ2v) is 5.74. The van der Waals surface area contributed by atoms with Crippen LogP contribution in [0.15, 0.2) is 12.1 Å². The van der Waals surface area contributed by atoms with Crippen LogP contribution in [-0.4, -0.2) is 41.4 Å². The van der Waals surface area contributed by atoms with Gasteiger partial charge in [-0.25, -0.2) is 4.98 Å². The summed E-state index contributed by atoms with van der Waals surface area (Å²) in [7, 11) is 4.07. The van der Waals surface area contributed by atoms with E-state index in [0.29, 0.717) is 0 Å². The van der Waals surface area contributed by atoms with Crippen LogP contribution in [0.4, 0.5) is 0 Å². The first-order valence-electron chi connectivity index (χ1n) is 7.27. The number of nitrogens with zero attached hydrogens (tertiary/aromatic N) is 3. The van der Waals surface area contributed by atoms with Gasteiger partial charge >= 0.3 is 0 Å². The first-order chi connectivity index (χ1) is 10.1. The summed E-state index contributed by atoms with van der Waals surface area (Å²) in [5, 5.41) is 0. The molecule has 1 atom stereocenters.